The second-order valence-electron chi connectivity index (χ2n) is 6.01. The molecule has 0 aliphatic rings. The van der Waals surface area contributed by atoms with Crippen molar-refractivity contribution in [2.75, 3.05) is 14.2 Å². The molecule has 0 bridgehead atoms. The first-order valence-electron chi connectivity index (χ1n) is 8.43. The zero-order valence-corrected chi connectivity index (χ0v) is 15.4. The molecule has 28 heavy (non-hydrogen) atoms. The third kappa shape index (κ3) is 3.42. The van der Waals surface area contributed by atoms with E-state index < -0.39 is 28.5 Å². The summed E-state index contributed by atoms with van der Waals surface area (Å²) in [6.45, 7) is -0.0274. The summed E-state index contributed by atoms with van der Waals surface area (Å²) >= 11 is 0. The maximum absolute atomic E-state index is 13.0. The lowest BCUT2D eigenvalue weighted by atomic mass is 10.0. The van der Waals surface area contributed by atoms with E-state index in [0.717, 1.165) is 4.57 Å². The van der Waals surface area contributed by atoms with Crippen LogP contribution in [0.5, 0.6) is 23.1 Å². The number of methoxy groups -OCH3 is 2. The number of pyridine rings is 1. The molecule has 0 spiro atoms. The molecule has 0 fully saturated rings. The predicted octanol–water partition coefficient (Wildman–Crippen LogP) is 2.56. The minimum Gasteiger partial charge on any atom is -0.503 e. The molecular formula is C21H19NO6. The SMILES string of the molecule is COc1ccc(Cn2c(O)c(OC)c(O)c(C(=O)c3ccccc3)c2=O)cc1. The van der Waals surface area contributed by atoms with E-state index in [1.54, 1.807) is 42.5 Å². The molecule has 0 aliphatic carbocycles. The highest BCUT2D eigenvalue weighted by Gasteiger charge is 2.27. The van der Waals surface area contributed by atoms with Gasteiger partial charge in [0, 0.05) is 5.56 Å². The van der Waals surface area contributed by atoms with Gasteiger partial charge in [-0.1, -0.05) is 42.5 Å². The Morgan fingerprint density at radius 2 is 1.61 bits per heavy atom. The standard InChI is InChI=1S/C21H19NO6/c1-27-15-10-8-13(9-11-15)12-22-20(25)16(18(24)19(28-2)21(22)26)17(23)14-6-4-3-5-7-14/h3-11,24,26H,12H2,1-2H3. The summed E-state index contributed by atoms with van der Waals surface area (Å²) in [7, 11) is 2.77. The molecule has 3 rings (SSSR count). The Balaban J connectivity index is 2.14. The highest BCUT2D eigenvalue weighted by molar-refractivity contribution is 6.11. The van der Waals surface area contributed by atoms with Crippen LogP contribution in [0.25, 0.3) is 0 Å². The number of benzene rings is 2. The zero-order chi connectivity index (χ0) is 20.3. The summed E-state index contributed by atoms with van der Waals surface area (Å²) < 4.78 is 11.1. The van der Waals surface area contributed by atoms with Crippen molar-refractivity contribution < 1.29 is 24.5 Å². The van der Waals surface area contributed by atoms with Gasteiger partial charge in [0.1, 0.15) is 11.3 Å². The quantitative estimate of drug-likeness (QED) is 0.637. The molecule has 0 radical (unpaired) electrons. The number of carbonyl (C=O) groups is 1. The van der Waals surface area contributed by atoms with Gasteiger partial charge in [0.05, 0.1) is 20.8 Å². The molecule has 7 heteroatoms. The molecule has 2 N–H and O–H groups in total. The number of ketones is 1. The minimum atomic E-state index is -0.819. The van der Waals surface area contributed by atoms with Crippen molar-refractivity contribution in [3.63, 3.8) is 0 Å². The van der Waals surface area contributed by atoms with Gasteiger partial charge in [0.15, 0.2) is 5.75 Å². The fourth-order valence-corrected chi connectivity index (χ4v) is 2.86. The van der Waals surface area contributed by atoms with Gasteiger partial charge >= 0.3 is 0 Å². The number of ether oxygens (including phenoxy) is 2. The molecule has 3 aromatic rings. The summed E-state index contributed by atoms with van der Waals surface area (Å²) in [5.41, 5.74) is -0.363. The van der Waals surface area contributed by atoms with E-state index in [9.17, 15) is 19.8 Å². The maximum Gasteiger partial charge on any atom is 0.268 e. The summed E-state index contributed by atoms with van der Waals surface area (Å²) in [6, 6.07) is 15.0. The van der Waals surface area contributed by atoms with E-state index in [4.69, 9.17) is 9.47 Å². The molecule has 144 valence electrons. The number of nitrogens with zero attached hydrogens (tertiary/aromatic N) is 1. The van der Waals surface area contributed by atoms with Crippen molar-refractivity contribution in [2.45, 2.75) is 6.54 Å². The van der Waals surface area contributed by atoms with Crippen LogP contribution in [0, 0.1) is 0 Å². The van der Waals surface area contributed by atoms with E-state index in [1.807, 2.05) is 0 Å². The van der Waals surface area contributed by atoms with Gasteiger partial charge in [-0.2, -0.15) is 0 Å². The van der Waals surface area contributed by atoms with Crippen LogP contribution in [-0.2, 0) is 6.54 Å². The van der Waals surface area contributed by atoms with Crippen LogP contribution in [-0.4, -0.2) is 34.8 Å². The van der Waals surface area contributed by atoms with Crippen LogP contribution in [0.1, 0.15) is 21.5 Å². The van der Waals surface area contributed by atoms with Crippen molar-refractivity contribution in [1.82, 2.24) is 4.57 Å². The molecule has 0 amide bonds. The third-order valence-electron chi connectivity index (χ3n) is 4.34. The van der Waals surface area contributed by atoms with E-state index >= 15 is 0 Å². The number of aromatic nitrogens is 1. The average molecular weight is 381 g/mol. The molecule has 7 nitrogen and oxygen atoms in total. The van der Waals surface area contributed by atoms with Crippen molar-refractivity contribution >= 4 is 5.78 Å². The van der Waals surface area contributed by atoms with Gasteiger partial charge in [-0.05, 0) is 17.7 Å². The van der Waals surface area contributed by atoms with Crippen LogP contribution < -0.4 is 15.0 Å². The molecule has 0 saturated carbocycles. The number of rotatable bonds is 6. The lowest BCUT2D eigenvalue weighted by molar-refractivity contribution is 0.103. The fourth-order valence-electron chi connectivity index (χ4n) is 2.86. The Labute approximate surface area is 161 Å². The topological polar surface area (TPSA) is 98.0 Å². The van der Waals surface area contributed by atoms with Crippen molar-refractivity contribution in [1.29, 1.82) is 0 Å². The van der Waals surface area contributed by atoms with Crippen molar-refractivity contribution in [3.05, 3.63) is 81.6 Å². The smallest absolute Gasteiger partial charge is 0.268 e. The van der Waals surface area contributed by atoms with Crippen molar-refractivity contribution in [2.24, 2.45) is 0 Å². The Hall–Kier alpha value is -3.74. The lowest BCUT2D eigenvalue weighted by Gasteiger charge is -2.16. The molecule has 2 aromatic carbocycles. The summed E-state index contributed by atoms with van der Waals surface area (Å²) in [6.07, 6.45) is 0. The Bertz CT molecular complexity index is 1050. The van der Waals surface area contributed by atoms with Crippen LogP contribution in [0.4, 0.5) is 0 Å². The molecule has 1 heterocycles. The Morgan fingerprint density at radius 1 is 0.964 bits per heavy atom. The number of hydrogen-bond acceptors (Lipinski definition) is 6. The minimum absolute atomic E-state index is 0.0274. The summed E-state index contributed by atoms with van der Waals surface area (Å²) in [5.74, 6) is -1.61. The van der Waals surface area contributed by atoms with Gasteiger partial charge in [-0.25, -0.2) is 0 Å². The molecule has 0 atom stereocenters. The Morgan fingerprint density at radius 3 is 2.18 bits per heavy atom. The van der Waals surface area contributed by atoms with Crippen LogP contribution in [0.3, 0.4) is 0 Å². The van der Waals surface area contributed by atoms with Crippen LogP contribution in [0.15, 0.2) is 59.4 Å². The van der Waals surface area contributed by atoms with Crippen molar-refractivity contribution in [3.8, 4) is 23.1 Å². The zero-order valence-electron chi connectivity index (χ0n) is 15.4. The van der Waals surface area contributed by atoms with E-state index in [-0.39, 0.29) is 17.9 Å². The number of aromatic hydroxyl groups is 2. The second kappa shape index (κ2) is 7.87. The summed E-state index contributed by atoms with van der Waals surface area (Å²) in [5, 5.41) is 20.8. The van der Waals surface area contributed by atoms with E-state index in [0.29, 0.717) is 11.3 Å². The molecular weight excluding hydrogens is 362 g/mol. The predicted molar refractivity (Wildman–Crippen MR) is 103 cm³/mol. The molecule has 1 aromatic heterocycles. The first kappa shape index (κ1) is 19.0. The molecule has 0 unspecified atom stereocenters. The average Bonchev–Trinajstić information content (AvgIpc) is 2.72. The number of carbonyl (C=O) groups excluding carboxylic acids is 1. The lowest BCUT2D eigenvalue weighted by Crippen LogP contribution is -2.28. The van der Waals surface area contributed by atoms with Crippen LogP contribution in [0.2, 0.25) is 0 Å². The first-order chi connectivity index (χ1) is 13.5. The highest BCUT2D eigenvalue weighted by Crippen LogP contribution is 2.37. The normalized spacial score (nSPS) is 10.5. The fraction of sp³-hybridized carbons (Fsp3) is 0.143. The largest absolute Gasteiger partial charge is 0.503 e. The highest BCUT2D eigenvalue weighted by atomic mass is 16.5. The number of hydrogen-bond donors (Lipinski definition) is 2. The van der Waals surface area contributed by atoms with Gasteiger partial charge in [0.25, 0.3) is 5.56 Å². The second-order valence-corrected chi connectivity index (χ2v) is 6.01. The molecule has 0 aliphatic heterocycles. The first-order valence-corrected chi connectivity index (χ1v) is 8.43. The van der Waals surface area contributed by atoms with Gasteiger partial charge in [-0.3, -0.25) is 14.2 Å². The van der Waals surface area contributed by atoms with E-state index in [1.165, 1.54) is 26.4 Å². The van der Waals surface area contributed by atoms with E-state index in [2.05, 4.69) is 0 Å². The maximum atomic E-state index is 13.0. The summed E-state index contributed by atoms with van der Waals surface area (Å²) in [4.78, 5) is 25.8. The van der Waals surface area contributed by atoms with Crippen LogP contribution >= 0.6 is 0 Å². The van der Waals surface area contributed by atoms with Gasteiger partial charge in [0.2, 0.25) is 17.4 Å². The third-order valence-corrected chi connectivity index (χ3v) is 4.34. The van der Waals surface area contributed by atoms with Gasteiger partial charge in [-0.15, -0.1) is 0 Å². The van der Waals surface area contributed by atoms with Gasteiger partial charge < -0.3 is 19.7 Å². The Kier molecular flexibility index (Phi) is 5.35. The monoisotopic (exact) mass is 381 g/mol. The molecule has 0 saturated heterocycles.